The van der Waals surface area contributed by atoms with Crippen LogP contribution in [-0.2, 0) is 16.0 Å². The van der Waals surface area contributed by atoms with E-state index in [0.717, 1.165) is 17.7 Å². The zero-order valence-corrected chi connectivity index (χ0v) is 10.5. The van der Waals surface area contributed by atoms with E-state index in [9.17, 15) is 9.59 Å². The van der Waals surface area contributed by atoms with Crippen LogP contribution in [0.2, 0.25) is 5.02 Å². The van der Waals surface area contributed by atoms with Crippen molar-refractivity contribution in [3.63, 3.8) is 0 Å². The van der Waals surface area contributed by atoms with Gasteiger partial charge in [0.05, 0.1) is 13.0 Å². The number of anilines is 1. The minimum Gasteiger partial charge on any atom is -0.304 e. The molecule has 1 aliphatic rings. The number of hydrogen-bond acceptors (Lipinski definition) is 2. The van der Waals surface area contributed by atoms with Gasteiger partial charge >= 0.3 is 0 Å². The maximum absolute atomic E-state index is 11.8. The molecule has 0 spiro atoms. The van der Waals surface area contributed by atoms with Gasteiger partial charge in [-0.2, -0.15) is 0 Å². The monoisotopic (exact) mass is 251 g/mol. The summed E-state index contributed by atoms with van der Waals surface area (Å²) in [4.78, 5) is 25.0. The summed E-state index contributed by atoms with van der Waals surface area (Å²) in [6.07, 6.45) is 1.69. The van der Waals surface area contributed by atoms with Gasteiger partial charge in [-0.05, 0) is 24.1 Å². The predicted molar refractivity (Wildman–Crippen MR) is 67.4 cm³/mol. The highest BCUT2D eigenvalue weighted by atomic mass is 35.5. The summed E-state index contributed by atoms with van der Waals surface area (Å²) in [5.74, 6) is 0.0698. The number of benzene rings is 1. The third-order valence-corrected chi connectivity index (χ3v) is 3.08. The summed E-state index contributed by atoms with van der Waals surface area (Å²) in [5.41, 5.74) is 1.73. The van der Waals surface area contributed by atoms with Crippen LogP contribution >= 0.6 is 11.6 Å². The van der Waals surface area contributed by atoms with Crippen molar-refractivity contribution in [2.45, 2.75) is 26.2 Å². The van der Waals surface area contributed by atoms with E-state index in [1.165, 1.54) is 0 Å². The van der Waals surface area contributed by atoms with Crippen LogP contribution in [0, 0.1) is 0 Å². The lowest BCUT2D eigenvalue weighted by Crippen LogP contribution is -2.32. The first kappa shape index (κ1) is 12.1. The van der Waals surface area contributed by atoms with Crippen LogP contribution in [0.25, 0.3) is 0 Å². The molecule has 2 rings (SSSR count). The second-order valence-corrected chi connectivity index (χ2v) is 4.65. The van der Waals surface area contributed by atoms with Crippen molar-refractivity contribution in [3.05, 3.63) is 28.8 Å². The van der Waals surface area contributed by atoms with E-state index < -0.39 is 0 Å². The molecule has 0 radical (unpaired) electrons. The lowest BCUT2D eigenvalue weighted by Gasteiger charge is -2.16. The number of hydrogen-bond donors (Lipinski definition) is 0. The summed E-state index contributed by atoms with van der Waals surface area (Å²) in [5, 5.41) is 0.589. The fourth-order valence-corrected chi connectivity index (χ4v) is 2.20. The highest BCUT2D eigenvalue weighted by Crippen LogP contribution is 2.31. The molecule has 0 bridgehead atoms. The molecule has 1 amide bonds. The molecule has 1 aromatic rings. The number of fused-ring (bicyclic) bond motifs is 1. The predicted octanol–water partition coefficient (Wildman–Crippen LogP) is 2.60. The Hall–Kier alpha value is -1.35. The summed E-state index contributed by atoms with van der Waals surface area (Å²) in [6.45, 7) is 2.12. The maximum Gasteiger partial charge on any atom is 0.231 e. The van der Waals surface area contributed by atoms with Crippen molar-refractivity contribution in [2.24, 2.45) is 0 Å². The molecule has 0 atom stereocenters. The van der Waals surface area contributed by atoms with Crippen molar-refractivity contribution < 1.29 is 9.59 Å². The number of carbonyl (C=O) groups is 2. The van der Waals surface area contributed by atoms with Crippen LogP contribution in [0.15, 0.2) is 18.2 Å². The van der Waals surface area contributed by atoms with Crippen molar-refractivity contribution in [3.8, 4) is 0 Å². The Morgan fingerprint density at radius 3 is 2.94 bits per heavy atom. The van der Waals surface area contributed by atoms with E-state index >= 15 is 0 Å². The van der Waals surface area contributed by atoms with Gasteiger partial charge in [-0.3, -0.25) is 9.59 Å². The molecule has 1 aliphatic heterocycles. The van der Waals surface area contributed by atoms with E-state index in [0.29, 0.717) is 17.9 Å². The minimum atomic E-state index is -0.0216. The zero-order chi connectivity index (χ0) is 12.4. The second kappa shape index (κ2) is 4.88. The molecule has 4 heteroatoms. The third kappa shape index (κ3) is 2.50. The molecule has 0 aliphatic carbocycles. The summed E-state index contributed by atoms with van der Waals surface area (Å²) in [7, 11) is 0. The van der Waals surface area contributed by atoms with Crippen molar-refractivity contribution in [1.29, 1.82) is 0 Å². The Kier molecular flexibility index (Phi) is 3.48. The van der Waals surface area contributed by atoms with Gasteiger partial charge in [0.15, 0.2) is 5.78 Å². The number of carbonyl (C=O) groups excluding carboxylic acids is 2. The number of Topliss-reactive ketones (excluding diaryl/α,β-unsaturated/α-hetero) is 1. The maximum atomic E-state index is 11.8. The Morgan fingerprint density at radius 1 is 1.47 bits per heavy atom. The summed E-state index contributed by atoms with van der Waals surface area (Å²) in [6, 6.07) is 5.37. The Balaban J connectivity index is 2.22. The molecular formula is C13H14ClNO2. The average molecular weight is 252 g/mol. The highest BCUT2D eigenvalue weighted by Gasteiger charge is 2.28. The average Bonchev–Trinajstić information content (AvgIpc) is 2.56. The lowest BCUT2D eigenvalue weighted by molar-refractivity contribution is -0.122. The Bertz CT molecular complexity index is 470. The van der Waals surface area contributed by atoms with Gasteiger partial charge in [0.25, 0.3) is 0 Å². The van der Waals surface area contributed by atoms with Gasteiger partial charge in [-0.25, -0.2) is 0 Å². The van der Waals surface area contributed by atoms with Crippen molar-refractivity contribution in [1.82, 2.24) is 0 Å². The fraction of sp³-hybridized carbons (Fsp3) is 0.385. The van der Waals surface area contributed by atoms with E-state index in [4.69, 9.17) is 11.6 Å². The van der Waals surface area contributed by atoms with Crippen LogP contribution in [0.1, 0.15) is 25.3 Å². The van der Waals surface area contributed by atoms with E-state index in [-0.39, 0.29) is 18.2 Å². The second-order valence-electron chi connectivity index (χ2n) is 4.22. The van der Waals surface area contributed by atoms with Gasteiger partial charge in [0, 0.05) is 17.1 Å². The number of halogens is 1. The molecule has 0 saturated carbocycles. The van der Waals surface area contributed by atoms with E-state index in [1.54, 1.807) is 17.0 Å². The standard InChI is InChI=1S/C13H14ClNO2/c1-2-3-11(16)8-15-12-7-10(14)5-4-9(12)6-13(15)17/h4-5,7H,2-3,6,8H2,1H3. The summed E-state index contributed by atoms with van der Waals surface area (Å²) >= 11 is 5.91. The quantitative estimate of drug-likeness (QED) is 0.825. The molecule has 0 unspecified atom stereocenters. The molecular weight excluding hydrogens is 238 g/mol. The minimum absolute atomic E-state index is 0.0216. The van der Waals surface area contributed by atoms with Crippen LogP contribution in [0.3, 0.4) is 0 Å². The van der Waals surface area contributed by atoms with Gasteiger partial charge in [0.2, 0.25) is 5.91 Å². The van der Waals surface area contributed by atoms with Crippen molar-refractivity contribution in [2.75, 3.05) is 11.4 Å². The van der Waals surface area contributed by atoms with Gasteiger partial charge in [0.1, 0.15) is 0 Å². The zero-order valence-electron chi connectivity index (χ0n) is 9.70. The molecule has 1 heterocycles. The van der Waals surface area contributed by atoms with Crippen molar-refractivity contribution >= 4 is 29.0 Å². The van der Waals surface area contributed by atoms with Crippen LogP contribution < -0.4 is 4.90 Å². The van der Waals surface area contributed by atoms with Crippen LogP contribution in [-0.4, -0.2) is 18.2 Å². The lowest BCUT2D eigenvalue weighted by atomic mass is 10.1. The fourth-order valence-electron chi connectivity index (χ4n) is 2.04. The van der Waals surface area contributed by atoms with Crippen LogP contribution in [0.4, 0.5) is 5.69 Å². The van der Waals surface area contributed by atoms with Crippen LogP contribution in [0.5, 0.6) is 0 Å². The summed E-state index contributed by atoms with van der Waals surface area (Å²) < 4.78 is 0. The topological polar surface area (TPSA) is 37.4 Å². The number of amides is 1. The van der Waals surface area contributed by atoms with Gasteiger partial charge in [-0.15, -0.1) is 0 Å². The van der Waals surface area contributed by atoms with E-state index in [2.05, 4.69) is 0 Å². The number of ketones is 1. The normalized spacial score (nSPS) is 14.0. The smallest absolute Gasteiger partial charge is 0.231 e. The van der Waals surface area contributed by atoms with Gasteiger partial charge < -0.3 is 4.90 Å². The number of rotatable bonds is 4. The Labute approximate surface area is 105 Å². The first-order valence-corrected chi connectivity index (χ1v) is 6.10. The molecule has 0 aromatic heterocycles. The van der Waals surface area contributed by atoms with E-state index in [1.807, 2.05) is 13.0 Å². The first-order valence-electron chi connectivity index (χ1n) is 5.72. The van der Waals surface area contributed by atoms with Gasteiger partial charge in [-0.1, -0.05) is 24.6 Å². The highest BCUT2D eigenvalue weighted by molar-refractivity contribution is 6.31. The molecule has 17 heavy (non-hydrogen) atoms. The molecule has 0 N–H and O–H groups in total. The molecule has 1 aromatic carbocycles. The SMILES string of the molecule is CCCC(=O)CN1C(=O)Cc2ccc(Cl)cc21. The largest absolute Gasteiger partial charge is 0.304 e. The number of nitrogens with zero attached hydrogens (tertiary/aromatic N) is 1. The first-order chi connectivity index (χ1) is 8.11. The Morgan fingerprint density at radius 2 is 2.24 bits per heavy atom. The molecule has 0 saturated heterocycles. The molecule has 3 nitrogen and oxygen atoms in total. The molecule has 90 valence electrons. The third-order valence-electron chi connectivity index (χ3n) is 2.84. The molecule has 0 fully saturated rings.